The maximum absolute atomic E-state index is 12.0. The zero-order chi connectivity index (χ0) is 22.9. The van der Waals surface area contributed by atoms with E-state index in [0.717, 1.165) is 0 Å². The Morgan fingerprint density at radius 2 is 0.812 bits per heavy atom. The summed E-state index contributed by atoms with van der Waals surface area (Å²) in [4.78, 5) is 10.2. The average molecular weight is 468 g/mol. The Labute approximate surface area is 187 Å². The molecule has 0 heterocycles. The molecule has 0 aromatic heterocycles. The highest BCUT2D eigenvalue weighted by molar-refractivity contribution is 7.91. The molecule has 0 saturated carbocycles. The van der Waals surface area contributed by atoms with Gasteiger partial charge in [0.2, 0.25) is 9.84 Å². The van der Waals surface area contributed by atoms with Crippen LogP contribution in [0.4, 0.5) is 0 Å². The van der Waals surface area contributed by atoms with Crippen LogP contribution < -0.4 is 9.05 Å². The standard InChI is InChI=1S/C12H11O4P.C12H10O2S/c13-17(14,15-11-7-3-1-4-8-11)16-12-9-5-2-6-10-12;13-15(14,11-7-3-1-4-8-11)12-9-5-2-6-10-12/h1-10H,(H,13,14);1-10H. The normalized spacial score (nSPS) is 11.0. The number of rotatable bonds is 6. The van der Waals surface area contributed by atoms with E-state index in [1.807, 2.05) is 0 Å². The Morgan fingerprint density at radius 1 is 0.531 bits per heavy atom. The molecule has 164 valence electrons. The largest absolute Gasteiger partial charge is 0.584 e. The predicted octanol–water partition coefficient (Wildman–Crippen LogP) is 5.76. The Morgan fingerprint density at radius 3 is 1.12 bits per heavy atom. The van der Waals surface area contributed by atoms with E-state index >= 15 is 0 Å². The van der Waals surface area contributed by atoms with Crippen LogP contribution in [0.25, 0.3) is 0 Å². The summed E-state index contributed by atoms with van der Waals surface area (Å²) in [6.07, 6.45) is 0. The van der Waals surface area contributed by atoms with Crippen LogP contribution in [0, 0.1) is 0 Å². The third-order valence-corrected chi connectivity index (χ3v) is 6.70. The van der Waals surface area contributed by atoms with Crippen molar-refractivity contribution < 1.29 is 26.9 Å². The first-order chi connectivity index (χ1) is 15.4. The fourth-order valence-electron chi connectivity index (χ4n) is 2.58. The van der Waals surface area contributed by atoms with Gasteiger partial charge in [-0.2, -0.15) is 0 Å². The van der Waals surface area contributed by atoms with Gasteiger partial charge >= 0.3 is 7.82 Å². The van der Waals surface area contributed by atoms with Crippen molar-refractivity contribution in [3.8, 4) is 11.5 Å². The van der Waals surface area contributed by atoms with Crippen molar-refractivity contribution in [2.45, 2.75) is 9.79 Å². The second kappa shape index (κ2) is 10.8. The van der Waals surface area contributed by atoms with Crippen LogP contribution in [-0.4, -0.2) is 13.3 Å². The Bertz CT molecular complexity index is 1160. The van der Waals surface area contributed by atoms with E-state index in [4.69, 9.17) is 9.05 Å². The van der Waals surface area contributed by atoms with E-state index in [1.54, 1.807) is 121 Å². The van der Waals surface area contributed by atoms with Crippen LogP contribution in [-0.2, 0) is 14.4 Å². The van der Waals surface area contributed by atoms with Crippen molar-refractivity contribution in [1.29, 1.82) is 0 Å². The lowest BCUT2D eigenvalue weighted by molar-refractivity contribution is 0.291. The minimum atomic E-state index is -4.14. The lowest BCUT2D eigenvalue weighted by Gasteiger charge is -2.13. The van der Waals surface area contributed by atoms with Gasteiger partial charge in [-0.05, 0) is 48.5 Å². The monoisotopic (exact) mass is 468 g/mol. The molecule has 4 rings (SSSR count). The minimum Gasteiger partial charge on any atom is -0.395 e. The molecular weight excluding hydrogens is 447 g/mol. The van der Waals surface area contributed by atoms with Crippen molar-refractivity contribution in [2.75, 3.05) is 0 Å². The molecule has 0 bridgehead atoms. The van der Waals surface area contributed by atoms with Crippen LogP contribution in [0.3, 0.4) is 0 Å². The summed E-state index contributed by atoms with van der Waals surface area (Å²) < 4.78 is 45.5. The second-order valence-electron chi connectivity index (χ2n) is 6.41. The fourth-order valence-corrected chi connectivity index (χ4v) is 4.70. The summed E-state index contributed by atoms with van der Waals surface area (Å²) in [7, 11) is -7.48. The molecule has 0 amide bonds. The number of para-hydroxylation sites is 2. The van der Waals surface area contributed by atoms with Crippen molar-refractivity contribution in [2.24, 2.45) is 0 Å². The summed E-state index contributed by atoms with van der Waals surface area (Å²) in [6.45, 7) is 0. The zero-order valence-corrected chi connectivity index (χ0v) is 18.6. The number of phosphoric ester groups is 1. The molecule has 0 unspecified atom stereocenters. The number of sulfone groups is 1. The van der Waals surface area contributed by atoms with Crippen LogP contribution in [0.2, 0.25) is 0 Å². The van der Waals surface area contributed by atoms with Gasteiger partial charge in [-0.3, -0.25) is 4.89 Å². The zero-order valence-electron chi connectivity index (χ0n) is 16.9. The number of phosphoric acid groups is 1. The SMILES string of the molecule is O=P(O)(Oc1ccccc1)Oc1ccccc1.O=S(=O)(c1ccccc1)c1ccccc1. The topological polar surface area (TPSA) is 89.9 Å². The Kier molecular flexibility index (Phi) is 7.84. The highest BCUT2D eigenvalue weighted by Crippen LogP contribution is 2.44. The van der Waals surface area contributed by atoms with Crippen LogP contribution in [0.1, 0.15) is 0 Å². The summed E-state index contributed by atoms with van der Waals surface area (Å²) >= 11 is 0. The van der Waals surface area contributed by atoms with Gasteiger partial charge in [0, 0.05) is 0 Å². The third kappa shape index (κ3) is 6.82. The summed E-state index contributed by atoms with van der Waals surface area (Å²) in [5.41, 5.74) is 0. The smallest absolute Gasteiger partial charge is 0.395 e. The van der Waals surface area contributed by atoms with E-state index in [1.165, 1.54) is 0 Å². The van der Waals surface area contributed by atoms with Gasteiger partial charge in [0.25, 0.3) is 0 Å². The van der Waals surface area contributed by atoms with E-state index in [2.05, 4.69) is 0 Å². The molecule has 0 fully saturated rings. The maximum atomic E-state index is 12.0. The quantitative estimate of drug-likeness (QED) is 0.362. The molecule has 32 heavy (non-hydrogen) atoms. The lowest BCUT2D eigenvalue weighted by atomic mass is 10.3. The molecule has 0 radical (unpaired) electrons. The number of hydrogen-bond donors (Lipinski definition) is 1. The summed E-state index contributed by atoms with van der Waals surface area (Å²) in [5.74, 6) is 0.573. The maximum Gasteiger partial charge on any atom is 0.584 e. The first-order valence-electron chi connectivity index (χ1n) is 9.54. The lowest BCUT2D eigenvalue weighted by Crippen LogP contribution is -2.00. The molecule has 8 heteroatoms. The van der Waals surface area contributed by atoms with E-state index < -0.39 is 17.7 Å². The Hall–Kier alpha value is -3.38. The Balaban J connectivity index is 0.000000182. The number of benzene rings is 4. The van der Waals surface area contributed by atoms with Crippen molar-refractivity contribution >= 4 is 17.7 Å². The van der Waals surface area contributed by atoms with E-state index in [-0.39, 0.29) is 11.5 Å². The first kappa shape index (κ1) is 23.3. The molecule has 4 aromatic rings. The molecule has 0 aliphatic heterocycles. The molecule has 0 saturated heterocycles. The molecule has 0 spiro atoms. The van der Waals surface area contributed by atoms with Crippen molar-refractivity contribution in [3.05, 3.63) is 121 Å². The van der Waals surface area contributed by atoms with Gasteiger partial charge in [0.1, 0.15) is 11.5 Å². The molecular formula is C24H21O6PS. The predicted molar refractivity (Wildman–Crippen MR) is 122 cm³/mol. The molecule has 1 N–H and O–H groups in total. The van der Waals surface area contributed by atoms with Gasteiger partial charge in [-0.15, -0.1) is 0 Å². The van der Waals surface area contributed by atoms with Crippen molar-refractivity contribution in [1.82, 2.24) is 0 Å². The molecule has 6 nitrogen and oxygen atoms in total. The highest BCUT2D eigenvalue weighted by atomic mass is 32.2. The van der Waals surface area contributed by atoms with Gasteiger partial charge < -0.3 is 9.05 Å². The van der Waals surface area contributed by atoms with E-state index in [9.17, 15) is 17.9 Å². The minimum absolute atomic E-state index is 0.286. The number of hydrogen-bond acceptors (Lipinski definition) is 5. The fraction of sp³-hybridized carbons (Fsp3) is 0. The summed E-state index contributed by atoms with van der Waals surface area (Å²) in [5, 5.41) is 0. The highest BCUT2D eigenvalue weighted by Gasteiger charge is 2.24. The molecule has 0 aliphatic rings. The van der Waals surface area contributed by atoms with Gasteiger partial charge in [-0.1, -0.05) is 72.8 Å². The van der Waals surface area contributed by atoms with Gasteiger partial charge in [0.05, 0.1) is 9.79 Å². The molecule has 0 aliphatic carbocycles. The van der Waals surface area contributed by atoms with Gasteiger partial charge in [-0.25, -0.2) is 13.0 Å². The second-order valence-corrected chi connectivity index (χ2v) is 9.66. The van der Waals surface area contributed by atoms with Crippen molar-refractivity contribution in [3.63, 3.8) is 0 Å². The van der Waals surface area contributed by atoms with Crippen LogP contribution >= 0.6 is 7.82 Å². The van der Waals surface area contributed by atoms with Gasteiger partial charge in [0.15, 0.2) is 0 Å². The van der Waals surface area contributed by atoms with E-state index in [0.29, 0.717) is 9.79 Å². The third-order valence-electron chi connectivity index (χ3n) is 4.03. The average Bonchev–Trinajstić information content (AvgIpc) is 2.81. The summed E-state index contributed by atoms with van der Waals surface area (Å²) in [6, 6.07) is 33.6. The first-order valence-corrected chi connectivity index (χ1v) is 12.5. The van der Waals surface area contributed by atoms with Crippen LogP contribution in [0.5, 0.6) is 11.5 Å². The van der Waals surface area contributed by atoms with Crippen LogP contribution in [0.15, 0.2) is 131 Å². The molecule has 4 aromatic carbocycles. The molecule has 0 atom stereocenters.